The molecule has 0 aromatic carbocycles. The maximum absolute atomic E-state index is 12.2. The van der Waals surface area contributed by atoms with E-state index in [0.29, 0.717) is 12.0 Å². The zero-order valence-corrected chi connectivity index (χ0v) is 12.2. The molecule has 0 saturated heterocycles. The van der Waals surface area contributed by atoms with Crippen LogP contribution in [0.3, 0.4) is 0 Å². The first-order chi connectivity index (χ1) is 9.38. The number of nitrogens with one attached hydrogen (secondary N) is 1. The number of nitrogens with zero attached hydrogens (tertiary/aromatic N) is 3. The van der Waals surface area contributed by atoms with Crippen molar-refractivity contribution in [2.45, 2.75) is 46.3 Å². The van der Waals surface area contributed by atoms with Gasteiger partial charge < -0.3 is 10.4 Å². The van der Waals surface area contributed by atoms with Gasteiger partial charge in [0.05, 0.1) is 23.1 Å². The van der Waals surface area contributed by atoms with Crippen molar-refractivity contribution >= 4 is 11.6 Å². The van der Waals surface area contributed by atoms with E-state index in [1.165, 1.54) is 0 Å². The maximum atomic E-state index is 12.2. The van der Waals surface area contributed by atoms with Gasteiger partial charge in [-0.1, -0.05) is 0 Å². The van der Waals surface area contributed by atoms with Crippen LogP contribution in [-0.4, -0.2) is 37.8 Å². The highest BCUT2D eigenvalue weighted by molar-refractivity contribution is 5.95. The van der Waals surface area contributed by atoms with Gasteiger partial charge in [0, 0.05) is 18.3 Å². The van der Waals surface area contributed by atoms with E-state index in [2.05, 4.69) is 15.4 Å². The van der Waals surface area contributed by atoms with Crippen molar-refractivity contribution in [3.63, 3.8) is 0 Å². The fourth-order valence-electron chi connectivity index (χ4n) is 2.26. The molecule has 2 rings (SSSR count). The summed E-state index contributed by atoms with van der Waals surface area (Å²) in [6, 6.07) is 1.77. The van der Waals surface area contributed by atoms with Crippen LogP contribution < -0.4 is 5.32 Å². The van der Waals surface area contributed by atoms with Crippen LogP contribution >= 0.6 is 0 Å². The van der Waals surface area contributed by atoms with Crippen LogP contribution in [0, 0.1) is 13.8 Å². The number of fused-ring (bicyclic) bond motifs is 1. The summed E-state index contributed by atoms with van der Waals surface area (Å²) in [5.74, 6) is -0.196. The van der Waals surface area contributed by atoms with Crippen molar-refractivity contribution < 1.29 is 9.90 Å². The average Bonchev–Trinajstić information content (AvgIpc) is 2.69. The van der Waals surface area contributed by atoms with Crippen LogP contribution in [-0.2, 0) is 0 Å². The van der Waals surface area contributed by atoms with E-state index in [1.807, 2.05) is 26.8 Å². The number of hydrogen-bond acceptors (Lipinski definition) is 4. The zero-order chi connectivity index (χ0) is 14.9. The second-order valence-electron chi connectivity index (χ2n) is 5.27. The third-order valence-electron chi connectivity index (χ3n) is 3.16. The molecule has 2 unspecified atom stereocenters. The highest BCUT2D eigenvalue weighted by Gasteiger charge is 2.16. The normalized spacial score (nSPS) is 14.2. The Bertz CT molecular complexity index is 633. The SMILES string of the molecule is Cc1cc2ncc(C(=O)NC(C)CC(C)O)c(C)n2n1. The largest absolute Gasteiger partial charge is 0.393 e. The molecule has 2 atom stereocenters. The van der Waals surface area contributed by atoms with Gasteiger partial charge in [0.15, 0.2) is 5.65 Å². The third kappa shape index (κ3) is 2.96. The minimum Gasteiger partial charge on any atom is -0.393 e. The number of aliphatic hydroxyl groups excluding tert-OH is 1. The molecule has 20 heavy (non-hydrogen) atoms. The van der Waals surface area contributed by atoms with E-state index >= 15 is 0 Å². The Balaban J connectivity index is 2.24. The predicted octanol–water partition coefficient (Wildman–Crippen LogP) is 1.24. The molecule has 2 N–H and O–H groups in total. The van der Waals surface area contributed by atoms with Gasteiger partial charge in [-0.15, -0.1) is 0 Å². The molecule has 2 aromatic heterocycles. The zero-order valence-electron chi connectivity index (χ0n) is 12.2. The van der Waals surface area contributed by atoms with Crippen LogP contribution in [0.1, 0.15) is 42.0 Å². The molecule has 108 valence electrons. The van der Waals surface area contributed by atoms with Crippen molar-refractivity contribution in [2.24, 2.45) is 0 Å². The number of amides is 1. The summed E-state index contributed by atoms with van der Waals surface area (Å²) in [5, 5.41) is 16.5. The van der Waals surface area contributed by atoms with Gasteiger partial charge in [-0.25, -0.2) is 9.50 Å². The smallest absolute Gasteiger partial charge is 0.254 e. The van der Waals surface area contributed by atoms with Gasteiger partial charge in [0.2, 0.25) is 0 Å². The highest BCUT2D eigenvalue weighted by Crippen LogP contribution is 2.11. The van der Waals surface area contributed by atoms with Gasteiger partial charge in [-0.2, -0.15) is 5.10 Å². The summed E-state index contributed by atoms with van der Waals surface area (Å²) in [4.78, 5) is 16.5. The molecule has 0 radical (unpaired) electrons. The Labute approximate surface area is 117 Å². The Kier molecular flexibility index (Phi) is 4.04. The molecular formula is C14H20N4O2. The molecule has 0 saturated carbocycles. The maximum Gasteiger partial charge on any atom is 0.254 e. The lowest BCUT2D eigenvalue weighted by atomic mass is 10.1. The highest BCUT2D eigenvalue weighted by atomic mass is 16.3. The van der Waals surface area contributed by atoms with Gasteiger partial charge in [-0.05, 0) is 34.1 Å². The lowest BCUT2D eigenvalue weighted by Crippen LogP contribution is -2.35. The quantitative estimate of drug-likeness (QED) is 0.880. The van der Waals surface area contributed by atoms with E-state index in [4.69, 9.17) is 0 Å². The van der Waals surface area contributed by atoms with Crippen molar-refractivity contribution in [3.05, 3.63) is 29.2 Å². The van der Waals surface area contributed by atoms with Crippen LogP contribution in [0.25, 0.3) is 5.65 Å². The molecule has 0 aliphatic heterocycles. The van der Waals surface area contributed by atoms with Crippen molar-refractivity contribution in [1.82, 2.24) is 19.9 Å². The second-order valence-corrected chi connectivity index (χ2v) is 5.27. The van der Waals surface area contributed by atoms with Gasteiger partial charge >= 0.3 is 0 Å². The van der Waals surface area contributed by atoms with Crippen molar-refractivity contribution in [1.29, 1.82) is 0 Å². The number of hydrogen-bond donors (Lipinski definition) is 2. The molecule has 0 aliphatic rings. The van der Waals surface area contributed by atoms with Gasteiger partial charge in [-0.3, -0.25) is 4.79 Å². The van der Waals surface area contributed by atoms with Crippen molar-refractivity contribution in [3.8, 4) is 0 Å². The van der Waals surface area contributed by atoms with Crippen LogP contribution in [0.2, 0.25) is 0 Å². The molecule has 6 nitrogen and oxygen atoms in total. The number of rotatable bonds is 4. The topological polar surface area (TPSA) is 79.5 Å². The average molecular weight is 276 g/mol. The van der Waals surface area contributed by atoms with Gasteiger partial charge in [0.1, 0.15) is 0 Å². The minimum atomic E-state index is -0.444. The van der Waals surface area contributed by atoms with Crippen LogP contribution in [0.4, 0.5) is 0 Å². The number of aryl methyl sites for hydroxylation is 2. The van der Waals surface area contributed by atoms with E-state index in [1.54, 1.807) is 17.6 Å². The first kappa shape index (κ1) is 14.5. The van der Waals surface area contributed by atoms with E-state index < -0.39 is 6.10 Å². The fourth-order valence-corrected chi connectivity index (χ4v) is 2.26. The predicted molar refractivity (Wildman–Crippen MR) is 75.7 cm³/mol. The summed E-state index contributed by atoms with van der Waals surface area (Å²) in [6.45, 7) is 7.30. The first-order valence-corrected chi connectivity index (χ1v) is 6.69. The van der Waals surface area contributed by atoms with E-state index in [-0.39, 0.29) is 11.9 Å². The summed E-state index contributed by atoms with van der Waals surface area (Å²) in [6.07, 6.45) is 1.64. The molecule has 6 heteroatoms. The molecule has 0 spiro atoms. The summed E-state index contributed by atoms with van der Waals surface area (Å²) in [5.41, 5.74) is 2.84. The first-order valence-electron chi connectivity index (χ1n) is 6.69. The minimum absolute atomic E-state index is 0.100. The number of carbonyl (C=O) groups is 1. The Morgan fingerprint density at radius 1 is 1.45 bits per heavy atom. The summed E-state index contributed by atoms with van der Waals surface area (Å²) in [7, 11) is 0. The molecule has 2 aromatic rings. The molecule has 1 amide bonds. The van der Waals surface area contributed by atoms with E-state index in [9.17, 15) is 9.90 Å². The number of carbonyl (C=O) groups excluding carboxylic acids is 1. The Morgan fingerprint density at radius 2 is 2.15 bits per heavy atom. The summed E-state index contributed by atoms with van der Waals surface area (Å²) >= 11 is 0. The third-order valence-corrected chi connectivity index (χ3v) is 3.16. The number of aromatic nitrogens is 3. The fraction of sp³-hybridized carbons (Fsp3) is 0.500. The Morgan fingerprint density at radius 3 is 2.80 bits per heavy atom. The lowest BCUT2D eigenvalue weighted by molar-refractivity contribution is 0.0921. The van der Waals surface area contributed by atoms with Crippen LogP contribution in [0.5, 0.6) is 0 Å². The molecule has 0 aliphatic carbocycles. The standard InChI is InChI=1S/C14H20N4O2/c1-8(5-10(3)19)16-14(20)12-7-15-13-6-9(2)17-18(13)11(12)4/h6-8,10,19H,5H2,1-4H3,(H,16,20). The summed E-state index contributed by atoms with van der Waals surface area (Å²) < 4.78 is 1.67. The van der Waals surface area contributed by atoms with Crippen molar-refractivity contribution in [2.75, 3.05) is 0 Å². The second kappa shape index (κ2) is 5.58. The lowest BCUT2D eigenvalue weighted by Gasteiger charge is -2.16. The van der Waals surface area contributed by atoms with Gasteiger partial charge in [0.25, 0.3) is 5.91 Å². The Hall–Kier alpha value is -1.95. The molecular weight excluding hydrogens is 256 g/mol. The molecule has 2 heterocycles. The molecule has 0 fully saturated rings. The van der Waals surface area contributed by atoms with E-state index in [0.717, 1.165) is 17.0 Å². The van der Waals surface area contributed by atoms with Crippen LogP contribution in [0.15, 0.2) is 12.3 Å². The number of aliphatic hydroxyl groups is 1. The molecule has 0 bridgehead atoms. The monoisotopic (exact) mass is 276 g/mol.